The smallest absolute Gasteiger partial charge is 0.262 e. The van der Waals surface area contributed by atoms with Crippen molar-refractivity contribution in [1.82, 2.24) is 9.55 Å². The summed E-state index contributed by atoms with van der Waals surface area (Å²) < 4.78 is 1.50. The van der Waals surface area contributed by atoms with Crippen molar-refractivity contribution in [3.63, 3.8) is 0 Å². The number of amides is 2. The first-order valence-corrected chi connectivity index (χ1v) is 9.87. The van der Waals surface area contributed by atoms with Crippen LogP contribution in [0.2, 0.25) is 0 Å². The molecule has 0 spiro atoms. The monoisotopic (exact) mass is 408 g/mol. The highest BCUT2D eigenvalue weighted by atomic mass is 32.2. The van der Waals surface area contributed by atoms with Gasteiger partial charge >= 0.3 is 0 Å². The van der Waals surface area contributed by atoms with E-state index in [1.54, 1.807) is 48.5 Å². The molecule has 0 bridgehead atoms. The summed E-state index contributed by atoms with van der Waals surface area (Å²) in [5.74, 6) is -0.360. The van der Waals surface area contributed by atoms with Crippen LogP contribution in [-0.2, 0) is 16.1 Å². The van der Waals surface area contributed by atoms with E-state index in [0.29, 0.717) is 34.0 Å². The second kappa shape index (κ2) is 9.20. The molecule has 0 atom stereocenters. The molecular weight excluding hydrogens is 388 g/mol. The molecule has 0 aliphatic carbocycles. The molecule has 0 saturated carbocycles. The average molecular weight is 408 g/mol. The van der Waals surface area contributed by atoms with Crippen molar-refractivity contribution < 1.29 is 9.59 Å². The minimum Gasteiger partial charge on any atom is -0.326 e. The van der Waals surface area contributed by atoms with Crippen LogP contribution >= 0.6 is 11.8 Å². The third-order valence-electron chi connectivity index (χ3n) is 3.94. The number of aromatic nitrogens is 2. The molecule has 2 N–H and O–H groups in total. The van der Waals surface area contributed by atoms with Gasteiger partial charge in [-0.2, -0.15) is 0 Å². The average Bonchev–Trinajstić information content (AvgIpc) is 2.69. The van der Waals surface area contributed by atoms with Gasteiger partial charge in [-0.15, -0.1) is 6.58 Å². The van der Waals surface area contributed by atoms with Crippen molar-refractivity contribution in [2.75, 3.05) is 16.4 Å². The zero-order valence-electron chi connectivity index (χ0n) is 15.8. The van der Waals surface area contributed by atoms with E-state index in [-0.39, 0.29) is 23.1 Å². The van der Waals surface area contributed by atoms with Gasteiger partial charge in [-0.3, -0.25) is 19.0 Å². The number of benzene rings is 2. The van der Waals surface area contributed by atoms with Gasteiger partial charge < -0.3 is 10.6 Å². The van der Waals surface area contributed by atoms with Crippen molar-refractivity contribution in [1.29, 1.82) is 0 Å². The molecule has 2 aromatic carbocycles. The lowest BCUT2D eigenvalue weighted by atomic mass is 10.2. The normalized spacial score (nSPS) is 10.5. The number of hydrogen-bond donors (Lipinski definition) is 2. The van der Waals surface area contributed by atoms with Crippen LogP contribution in [0.5, 0.6) is 0 Å². The summed E-state index contributed by atoms with van der Waals surface area (Å²) in [5.41, 5.74) is 1.58. The van der Waals surface area contributed by atoms with Crippen molar-refractivity contribution in [2.24, 2.45) is 0 Å². The minimum atomic E-state index is -0.248. The lowest BCUT2D eigenvalue weighted by molar-refractivity contribution is -0.114. The van der Waals surface area contributed by atoms with Crippen LogP contribution < -0.4 is 16.2 Å². The van der Waals surface area contributed by atoms with E-state index in [1.165, 1.54) is 23.3 Å². The van der Waals surface area contributed by atoms with Gasteiger partial charge in [-0.25, -0.2) is 4.98 Å². The summed E-state index contributed by atoms with van der Waals surface area (Å²) >= 11 is 1.18. The van der Waals surface area contributed by atoms with Gasteiger partial charge in [0.1, 0.15) is 0 Å². The molecule has 1 aromatic heterocycles. The zero-order chi connectivity index (χ0) is 20.8. The standard InChI is InChI=1S/C21H20N4O3S/c1-3-11-25-20(28)17-9-4-5-10-18(17)24-21(25)29-13-19(27)23-16-8-6-7-15(12-16)22-14(2)26/h3-10,12H,1,11,13H2,2H3,(H,22,26)(H,23,27). The molecule has 3 rings (SSSR count). The highest BCUT2D eigenvalue weighted by Crippen LogP contribution is 2.19. The Morgan fingerprint density at radius 1 is 1.14 bits per heavy atom. The molecule has 2 amide bonds. The van der Waals surface area contributed by atoms with Gasteiger partial charge in [0, 0.05) is 24.8 Å². The summed E-state index contributed by atoms with van der Waals surface area (Å²) in [4.78, 5) is 40.8. The maximum absolute atomic E-state index is 12.7. The number of anilines is 2. The topological polar surface area (TPSA) is 93.1 Å². The van der Waals surface area contributed by atoms with Gasteiger partial charge in [0.2, 0.25) is 11.8 Å². The number of carbonyl (C=O) groups excluding carboxylic acids is 2. The maximum Gasteiger partial charge on any atom is 0.262 e. The van der Waals surface area contributed by atoms with Crippen molar-refractivity contribution >= 4 is 45.9 Å². The van der Waals surface area contributed by atoms with Crippen LogP contribution in [-0.4, -0.2) is 27.1 Å². The Morgan fingerprint density at radius 2 is 1.86 bits per heavy atom. The van der Waals surface area contributed by atoms with Gasteiger partial charge in [-0.05, 0) is 30.3 Å². The van der Waals surface area contributed by atoms with E-state index in [2.05, 4.69) is 22.2 Å². The molecule has 0 unspecified atom stereocenters. The Hall–Kier alpha value is -3.39. The summed E-state index contributed by atoms with van der Waals surface area (Å²) in [6.07, 6.45) is 1.62. The highest BCUT2D eigenvalue weighted by Gasteiger charge is 2.12. The minimum absolute atomic E-state index is 0.0757. The Morgan fingerprint density at radius 3 is 2.59 bits per heavy atom. The Bertz CT molecular complexity index is 1140. The number of para-hydroxylation sites is 1. The molecular formula is C21H20N4O3S. The van der Waals surface area contributed by atoms with Crippen molar-refractivity contribution in [2.45, 2.75) is 18.6 Å². The molecule has 7 nitrogen and oxygen atoms in total. The Labute approximate surface area is 171 Å². The van der Waals surface area contributed by atoms with Gasteiger partial charge in [0.15, 0.2) is 5.16 Å². The lowest BCUT2D eigenvalue weighted by Gasteiger charge is -2.12. The van der Waals surface area contributed by atoms with Crippen LogP contribution in [0.15, 0.2) is 71.1 Å². The molecule has 1 heterocycles. The first-order chi connectivity index (χ1) is 14.0. The summed E-state index contributed by atoms with van der Waals surface area (Å²) in [5, 5.41) is 6.43. The van der Waals surface area contributed by atoms with Crippen LogP contribution in [0, 0.1) is 0 Å². The first-order valence-electron chi connectivity index (χ1n) is 8.88. The molecule has 29 heavy (non-hydrogen) atoms. The van der Waals surface area contributed by atoms with Crippen LogP contribution in [0.25, 0.3) is 10.9 Å². The predicted octanol–water partition coefficient (Wildman–Crippen LogP) is 3.27. The van der Waals surface area contributed by atoms with E-state index in [4.69, 9.17) is 0 Å². The van der Waals surface area contributed by atoms with Gasteiger partial charge in [-0.1, -0.05) is 36.0 Å². The number of rotatable bonds is 7. The van der Waals surface area contributed by atoms with Crippen LogP contribution in [0.4, 0.5) is 11.4 Å². The number of fused-ring (bicyclic) bond motifs is 1. The Balaban J connectivity index is 1.75. The van der Waals surface area contributed by atoms with E-state index < -0.39 is 0 Å². The zero-order valence-corrected chi connectivity index (χ0v) is 16.7. The lowest BCUT2D eigenvalue weighted by Crippen LogP contribution is -2.23. The number of nitrogens with one attached hydrogen (secondary N) is 2. The summed E-state index contributed by atoms with van der Waals surface area (Å²) in [6.45, 7) is 5.41. The van der Waals surface area contributed by atoms with Crippen LogP contribution in [0.1, 0.15) is 6.92 Å². The van der Waals surface area contributed by atoms with Gasteiger partial charge in [0.05, 0.1) is 16.7 Å². The molecule has 0 radical (unpaired) electrons. The van der Waals surface area contributed by atoms with Crippen LogP contribution in [0.3, 0.4) is 0 Å². The van der Waals surface area contributed by atoms with Crippen molar-refractivity contribution in [3.05, 3.63) is 71.5 Å². The summed E-state index contributed by atoms with van der Waals surface area (Å²) in [7, 11) is 0. The number of hydrogen-bond acceptors (Lipinski definition) is 5. The van der Waals surface area contributed by atoms with Crippen molar-refractivity contribution in [3.8, 4) is 0 Å². The highest BCUT2D eigenvalue weighted by molar-refractivity contribution is 7.99. The largest absolute Gasteiger partial charge is 0.326 e. The third kappa shape index (κ3) is 5.11. The van der Waals surface area contributed by atoms with E-state index >= 15 is 0 Å². The second-order valence-corrected chi connectivity index (χ2v) is 7.16. The maximum atomic E-state index is 12.7. The molecule has 148 valence electrons. The molecule has 0 aliphatic rings. The van der Waals surface area contributed by atoms with E-state index in [1.807, 2.05) is 6.07 Å². The summed E-state index contributed by atoms with van der Waals surface area (Å²) in [6, 6.07) is 14.0. The second-order valence-electron chi connectivity index (χ2n) is 6.21. The fourth-order valence-corrected chi connectivity index (χ4v) is 3.56. The van der Waals surface area contributed by atoms with E-state index in [9.17, 15) is 14.4 Å². The fourth-order valence-electron chi connectivity index (χ4n) is 2.75. The van der Waals surface area contributed by atoms with E-state index in [0.717, 1.165) is 0 Å². The fraction of sp³-hybridized carbons (Fsp3) is 0.143. The Kier molecular flexibility index (Phi) is 6.46. The number of carbonyl (C=O) groups is 2. The molecule has 0 aliphatic heterocycles. The SMILES string of the molecule is C=CCn1c(SCC(=O)Nc2cccc(NC(C)=O)c2)nc2ccccc2c1=O. The molecule has 0 fully saturated rings. The number of allylic oxidation sites excluding steroid dienone is 1. The first kappa shape index (κ1) is 20.3. The van der Waals surface area contributed by atoms with Gasteiger partial charge in [0.25, 0.3) is 5.56 Å². The molecule has 0 saturated heterocycles. The molecule has 3 aromatic rings. The predicted molar refractivity (Wildman–Crippen MR) is 116 cm³/mol. The molecule has 8 heteroatoms. The third-order valence-corrected chi connectivity index (χ3v) is 4.91. The number of nitrogens with zero attached hydrogens (tertiary/aromatic N) is 2. The number of thioether (sulfide) groups is 1. The quantitative estimate of drug-likeness (QED) is 0.356.